The maximum atomic E-state index is 13.5. The third-order valence-electron chi connectivity index (χ3n) is 2.69. The molecule has 0 aliphatic rings. The number of halogens is 2. The van der Waals surface area contributed by atoms with E-state index >= 15 is 0 Å². The predicted octanol–water partition coefficient (Wildman–Crippen LogP) is 2.52. The van der Waals surface area contributed by atoms with E-state index in [-0.39, 0.29) is 5.56 Å². The molecule has 88 valence electrons. The Morgan fingerprint density at radius 3 is 2.62 bits per heavy atom. The van der Waals surface area contributed by atoms with Gasteiger partial charge < -0.3 is 10.2 Å². The molecule has 0 saturated heterocycles. The molecule has 0 radical (unpaired) electrons. The Kier molecular flexibility index (Phi) is 3.70. The summed E-state index contributed by atoms with van der Waals surface area (Å²) in [5.74, 6) is -2.90. The van der Waals surface area contributed by atoms with Gasteiger partial charge in [0, 0.05) is 10.0 Å². The lowest BCUT2D eigenvalue weighted by Crippen LogP contribution is -2.36. The fourth-order valence-electron chi connectivity index (χ4n) is 1.36. The van der Waals surface area contributed by atoms with Crippen LogP contribution in [-0.2, 0) is 10.4 Å². The largest absolute Gasteiger partial charge is 0.481 e. The lowest BCUT2D eigenvalue weighted by Gasteiger charge is -2.28. The van der Waals surface area contributed by atoms with Crippen LogP contribution in [-0.4, -0.2) is 16.2 Å². The first-order valence-electron chi connectivity index (χ1n) is 4.67. The monoisotopic (exact) mass is 290 g/mol. The number of benzene rings is 1. The molecule has 0 spiro atoms. The Morgan fingerprint density at radius 2 is 2.12 bits per heavy atom. The summed E-state index contributed by atoms with van der Waals surface area (Å²) < 4.78 is 14.1. The van der Waals surface area contributed by atoms with Gasteiger partial charge in [-0.3, -0.25) is 4.79 Å². The van der Waals surface area contributed by atoms with E-state index in [4.69, 9.17) is 5.11 Å². The number of aliphatic carboxylic acids is 1. The number of aliphatic hydroxyl groups is 1. The van der Waals surface area contributed by atoms with Gasteiger partial charge in [0.15, 0.2) is 0 Å². The molecule has 0 fully saturated rings. The molecule has 0 aromatic heterocycles. The molecule has 2 unspecified atom stereocenters. The van der Waals surface area contributed by atoms with E-state index in [1.807, 2.05) is 0 Å². The van der Waals surface area contributed by atoms with Crippen LogP contribution in [0.5, 0.6) is 0 Å². The van der Waals surface area contributed by atoms with Crippen LogP contribution in [0.1, 0.15) is 19.4 Å². The fourth-order valence-corrected chi connectivity index (χ4v) is 1.72. The number of carboxylic acids is 1. The Hall–Kier alpha value is -0.940. The Balaban J connectivity index is 3.25. The molecule has 2 atom stereocenters. The smallest absolute Gasteiger partial charge is 0.309 e. The minimum Gasteiger partial charge on any atom is -0.481 e. The number of hydrogen-bond donors (Lipinski definition) is 2. The molecule has 0 aliphatic carbocycles. The molecule has 1 aromatic carbocycles. The Bertz CT molecular complexity index is 418. The van der Waals surface area contributed by atoms with E-state index < -0.39 is 23.3 Å². The van der Waals surface area contributed by atoms with Gasteiger partial charge in [-0.15, -0.1) is 0 Å². The second-order valence-corrected chi connectivity index (χ2v) is 4.75. The third-order valence-corrected chi connectivity index (χ3v) is 3.18. The maximum absolute atomic E-state index is 13.5. The molecule has 0 saturated carbocycles. The van der Waals surface area contributed by atoms with Gasteiger partial charge in [-0.25, -0.2) is 4.39 Å². The van der Waals surface area contributed by atoms with Crippen LogP contribution < -0.4 is 0 Å². The van der Waals surface area contributed by atoms with Gasteiger partial charge >= 0.3 is 5.97 Å². The summed E-state index contributed by atoms with van der Waals surface area (Å²) in [5, 5.41) is 18.9. The molecule has 0 aliphatic heterocycles. The van der Waals surface area contributed by atoms with Crippen molar-refractivity contribution < 1.29 is 19.4 Å². The van der Waals surface area contributed by atoms with Gasteiger partial charge in [0.05, 0.1) is 5.92 Å². The van der Waals surface area contributed by atoms with Crippen LogP contribution >= 0.6 is 15.9 Å². The molecule has 5 heteroatoms. The highest BCUT2D eigenvalue weighted by Crippen LogP contribution is 2.32. The third kappa shape index (κ3) is 2.41. The summed E-state index contributed by atoms with van der Waals surface area (Å²) >= 11 is 3.15. The fraction of sp³-hybridized carbons (Fsp3) is 0.364. The van der Waals surface area contributed by atoms with Crippen LogP contribution in [0, 0.1) is 11.7 Å². The maximum Gasteiger partial charge on any atom is 0.309 e. The van der Waals surface area contributed by atoms with Crippen molar-refractivity contribution in [3.05, 3.63) is 34.1 Å². The van der Waals surface area contributed by atoms with Gasteiger partial charge in [0.25, 0.3) is 0 Å². The number of hydrogen-bond acceptors (Lipinski definition) is 2. The molecule has 0 bridgehead atoms. The van der Waals surface area contributed by atoms with Crippen LogP contribution in [0.25, 0.3) is 0 Å². The molecule has 0 heterocycles. The van der Waals surface area contributed by atoms with Crippen molar-refractivity contribution in [2.75, 3.05) is 0 Å². The summed E-state index contributed by atoms with van der Waals surface area (Å²) in [6.45, 7) is 2.62. The predicted molar refractivity (Wildman–Crippen MR) is 60.5 cm³/mol. The molecular weight excluding hydrogens is 279 g/mol. The van der Waals surface area contributed by atoms with Gasteiger partial charge in [-0.1, -0.05) is 15.9 Å². The molecular formula is C11H12BrFO3. The standard InChI is InChI=1S/C11H12BrFO3/c1-6(10(14)15)11(2,16)8-5-7(12)3-4-9(8)13/h3-6,16H,1-2H3,(H,14,15). The van der Waals surface area contributed by atoms with E-state index in [0.717, 1.165) is 0 Å². The zero-order valence-corrected chi connectivity index (χ0v) is 10.5. The number of rotatable bonds is 3. The zero-order chi connectivity index (χ0) is 12.5. The van der Waals surface area contributed by atoms with Crippen LogP contribution in [0.15, 0.2) is 22.7 Å². The highest BCUT2D eigenvalue weighted by Gasteiger charge is 2.37. The Morgan fingerprint density at radius 1 is 1.56 bits per heavy atom. The Labute approximate surface area is 101 Å². The van der Waals surface area contributed by atoms with Crippen molar-refractivity contribution in [2.45, 2.75) is 19.4 Å². The van der Waals surface area contributed by atoms with Crippen LogP contribution in [0.3, 0.4) is 0 Å². The van der Waals surface area contributed by atoms with Gasteiger partial charge in [0.1, 0.15) is 11.4 Å². The summed E-state index contributed by atoms with van der Waals surface area (Å²) in [7, 11) is 0. The quantitative estimate of drug-likeness (QED) is 0.899. The molecule has 1 rings (SSSR count). The lowest BCUT2D eigenvalue weighted by atomic mass is 9.84. The summed E-state index contributed by atoms with van der Waals surface area (Å²) in [6.07, 6.45) is 0. The van der Waals surface area contributed by atoms with Gasteiger partial charge in [-0.2, -0.15) is 0 Å². The first kappa shape index (κ1) is 13.1. The molecule has 16 heavy (non-hydrogen) atoms. The molecule has 0 amide bonds. The minimum atomic E-state index is -1.75. The normalized spacial score (nSPS) is 16.6. The SMILES string of the molecule is CC(C(=O)O)C(C)(O)c1cc(Br)ccc1F. The summed E-state index contributed by atoms with van der Waals surface area (Å²) in [5.41, 5.74) is -1.78. The van der Waals surface area contributed by atoms with E-state index in [0.29, 0.717) is 4.47 Å². The van der Waals surface area contributed by atoms with E-state index in [1.165, 1.54) is 32.0 Å². The average molecular weight is 291 g/mol. The molecule has 1 aromatic rings. The number of carboxylic acid groups (broad SMARTS) is 1. The highest BCUT2D eigenvalue weighted by atomic mass is 79.9. The number of carbonyl (C=O) groups is 1. The van der Waals surface area contributed by atoms with Crippen molar-refractivity contribution in [2.24, 2.45) is 5.92 Å². The van der Waals surface area contributed by atoms with Crippen molar-refractivity contribution in [1.29, 1.82) is 0 Å². The topological polar surface area (TPSA) is 57.5 Å². The average Bonchev–Trinajstić information content (AvgIpc) is 2.20. The van der Waals surface area contributed by atoms with Gasteiger partial charge in [-0.05, 0) is 32.0 Å². The van der Waals surface area contributed by atoms with Gasteiger partial charge in [0.2, 0.25) is 0 Å². The first-order chi connectivity index (χ1) is 7.26. The molecule has 2 N–H and O–H groups in total. The highest BCUT2D eigenvalue weighted by molar-refractivity contribution is 9.10. The van der Waals surface area contributed by atoms with Crippen molar-refractivity contribution >= 4 is 21.9 Å². The van der Waals surface area contributed by atoms with Crippen molar-refractivity contribution in [1.82, 2.24) is 0 Å². The second kappa shape index (κ2) is 4.51. The summed E-state index contributed by atoms with van der Waals surface area (Å²) in [6, 6.07) is 4.05. The van der Waals surface area contributed by atoms with Crippen LogP contribution in [0.2, 0.25) is 0 Å². The van der Waals surface area contributed by atoms with E-state index in [9.17, 15) is 14.3 Å². The van der Waals surface area contributed by atoms with Crippen molar-refractivity contribution in [3.8, 4) is 0 Å². The van der Waals surface area contributed by atoms with E-state index in [2.05, 4.69) is 15.9 Å². The van der Waals surface area contributed by atoms with Crippen molar-refractivity contribution in [3.63, 3.8) is 0 Å². The van der Waals surface area contributed by atoms with E-state index in [1.54, 1.807) is 0 Å². The zero-order valence-electron chi connectivity index (χ0n) is 8.87. The first-order valence-corrected chi connectivity index (χ1v) is 5.47. The summed E-state index contributed by atoms with van der Waals surface area (Å²) in [4.78, 5) is 10.8. The minimum absolute atomic E-state index is 0.0308. The molecule has 3 nitrogen and oxygen atoms in total. The lowest BCUT2D eigenvalue weighted by molar-refractivity contribution is -0.150. The second-order valence-electron chi connectivity index (χ2n) is 3.83. The van der Waals surface area contributed by atoms with Crippen LogP contribution in [0.4, 0.5) is 4.39 Å².